The molecule has 2 atom stereocenters. The zero-order valence-electron chi connectivity index (χ0n) is 10.3. The fourth-order valence-electron chi connectivity index (χ4n) is 1.38. The molecular weight excluding hydrogens is 242 g/mol. The van der Waals surface area contributed by atoms with Gasteiger partial charge in [0.05, 0.1) is 0 Å². The summed E-state index contributed by atoms with van der Waals surface area (Å²) in [4.78, 5) is 0. The van der Waals surface area contributed by atoms with Gasteiger partial charge in [0.15, 0.2) is 0 Å². The van der Waals surface area contributed by atoms with Crippen LogP contribution in [0.3, 0.4) is 0 Å². The summed E-state index contributed by atoms with van der Waals surface area (Å²) in [5, 5.41) is 0. The third-order valence-electron chi connectivity index (χ3n) is 2.36. The Bertz CT molecular complexity index is 161. The van der Waals surface area contributed by atoms with E-state index in [-0.39, 0.29) is 22.9 Å². The Morgan fingerprint density at radius 2 is 1.44 bits per heavy atom. The largest absolute Gasteiger partial charge is 0.530 e. The minimum Gasteiger partial charge on any atom is -0.375 e. The van der Waals surface area contributed by atoms with E-state index in [1.54, 1.807) is 21.3 Å². The van der Waals surface area contributed by atoms with Crippen LogP contribution in [0.15, 0.2) is 0 Å². The van der Waals surface area contributed by atoms with E-state index in [4.69, 9.17) is 23.7 Å². The highest BCUT2D eigenvalue weighted by atomic mass is 28.4. The van der Waals surface area contributed by atoms with Crippen molar-refractivity contribution < 1.29 is 18.0 Å². The van der Waals surface area contributed by atoms with Crippen LogP contribution in [0.2, 0.25) is 0 Å². The van der Waals surface area contributed by atoms with E-state index >= 15 is 0 Å². The highest BCUT2D eigenvalue weighted by molar-refractivity contribution is 6.62. The van der Waals surface area contributed by atoms with E-state index < -0.39 is 8.80 Å². The lowest BCUT2D eigenvalue weighted by Gasteiger charge is -2.33. The minimum atomic E-state index is -2.73. The Labute approximate surface area is 104 Å². The van der Waals surface area contributed by atoms with Gasteiger partial charge in [0.25, 0.3) is 0 Å². The van der Waals surface area contributed by atoms with Crippen LogP contribution in [0, 0.1) is 0 Å². The molecule has 2 N–H and O–H groups in total. The summed E-state index contributed by atoms with van der Waals surface area (Å²) < 4.78 is 21.7. The molecule has 0 aromatic rings. The average Bonchev–Trinajstić information content (AvgIpc) is 2.29. The van der Waals surface area contributed by atoms with Crippen LogP contribution in [0.4, 0.5) is 0 Å². The van der Waals surface area contributed by atoms with E-state index in [0.29, 0.717) is 0 Å². The van der Waals surface area contributed by atoms with Gasteiger partial charge in [-0.15, -0.1) is 0 Å². The fourth-order valence-corrected chi connectivity index (χ4v) is 3.51. The van der Waals surface area contributed by atoms with Crippen molar-refractivity contribution in [2.24, 2.45) is 5.73 Å². The number of ether oxygens (including phenoxy) is 1. The molecule has 0 aliphatic rings. The molecule has 0 bridgehead atoms. The number of nitrogens with two attached hydrogens (primary N) is 1. The monoisotopic (exact) mass is 269 g/mol. The van der Waals surface area contributed by atoms with E-state index in [9.17, 15) is 0 Å². The molecule has 0 aliphatic carbocycles. The van der Waals surface area contributed by atoms with Crippen molar-refractivity contribution in [1.29, 1.82) is 0 Å². The molecular formula is C9H27NO4Si2. The standard InChI is InChI=1S/C9H23NO4Si.H4Si/c1-6-8(10)14-9(7-2)15(11-3,12-4)13-5;/h8-9H,6-7,10H2,1-5H3;1H4. The molecule has 0 aromatic heterocycles. The first kappa shape index (κ1) is 18.6. The van der Waals surface area contributed by atoms with Crippen LogP contribution in [-0.2, 0) is 18.0 Å². The van der Waals surface area contributed by atoms with Crippen molar-refractivity contribution in [3.8, 4) is 0 Å². The molecule has 0 spiro atoms. The van der Waals surface area contributed by atoms with Gasteiger partial charge < -0.3 is 23.7 Å². The molecule has 0 aliphatic heterocycles. The summed E-state index contributed by atoms with van der Waals surface area (Å²) in [6, 6.07) is 0. The lowest BCUT2D eigenvalue weighted by Crippen LogP contribution is -2.56. The lowest BCUT2D eigenvalue weighted by molar-refractivity contribution is -0.0282. The Hall–Kier alpha value is 0.234. The molecule has 16 heavy (non-hydrogen) atoms. The van der Waals surface area contributed by atoms with Crippen molar-refractivity contribution in [1.82, 2.24) is 0 Å². The van der Waals surface area contributed by atoms with E-state index in [1.807, 2.05) is 13.8 Å². The van der Waals surface area contributed by atoms with Gasteiger partial charge in [-0.25, -0.2) is 0 Å². The third kappa shape index (κ3) is 4.62. The van der Waals surface area contributed by atoms with Crippen LogP contribution < -0.4 is 5.73 Å². The SMILES string of the molecule is CCC(N)OC(CC)[Si](OC)(OC)OC.[SiH4]. The highest BCUT2D eigenvalue weighted by Gasteiger charge is 2.48. The Morgan fingerprint density at radius 3 is 1.69 bits per heavy atom. The summed E-state index contributed by atoms with van der Waals surface area (Å²) in [6.45, 7) is 3.96. The van der Waals surface area contributed by atoms with E-state index in [0.717, 1.165) is 12.8 Å². The lowest BCUT2D eigenvalue weighted by atomic mass is 10.4. The summed E-state index contributed by atoms with van der Waals surface area (Å²) in [5.74, 6) is 0. The fraction of sp³-hybridized carbons (Fsp3) is 1.00. The van der Waals surface area contributed by atoms with E-state index in [2.05, 4.69) is 0 Å². The van der Waals surface area contributed by atoms with Gasteiger partial charge in [-0.1, -0.05) is 13.8 Å². The smallest absolute Gasteiger partial charge is 0.375 e. The summed E-state index contributed by atoms with van der Waals surface area (Å²) >= 11 is 0. The number of hydrogen-bond acceptors (Lipinski definition) is 5. The van der Waals surface area contributed by atoms with Gasteiger partial charge >= 0.3 is 8.80 Å². The van der Waals surface area contributed by atoms with Crippen molar-refractivity contribution in [2.45, 2.75) is 38.6 Å². The first-order chi connectivity index (χ1) is 7.10. The quantitative estimate of drug-likeness (QED) is 0.473. The van der Waals surface area contributed by atoms with Crippen LogP contribution in [0.25, 0.3) is 0 Å². The minimum absolute atomic E-state index is 0. The molecule has 0 saturated heterocycles. The molecule has 0 radical (unpaired) electrons. The van der Waals surface area contributed by atoms with Gasteiger partial charge in [0.1, 0.15) is 12.0 Å². The van der Waals surface area contributed by atoms with Crippen molar-refractivity contribution in [2.75, 3.05) is 21.3 Å². The van der Waals surface area contributed by atoms with Crippen molar-refractivity contribution >= 4 is 19.8 Å². The molecule has 0 rings (SSSR count). The molecule has 0 fully saturated rings. The molecule has 0 saturated carbocycles. The Kier molecular flexibility index (Phi) is 10.8. The van der Waals surface area contributed by atoms with Gasteiger partial charge in [0.2, 0.25) is 0 Å². The molecule has 5 nitrogen and oxygen atoms in total. The van der Waals surface area contributed by atoms with Crippen molar-refractivity contribution in [3.63, 3.8) is 0 Å². The molecule has 0 heterocycles. The zero-order chi connectivity index (χ0) is 11.9. The molecule has 100 valence electrons. The van der Waals surface area contributed by atoms with Gasteiger partial charge in [-0.05, 0) is 23.8 Å². The predicted octanol–water partition coefficient (Wildman–Crippen LogP) is -0.558. The number of hydrogen-bond donors (Lipinski definition) is 1. The summed E-state index contributed by atoms with van der Waals surface area (Å²) in [6.07, 6.45) is 1.19. The second-order valence-corrected chi connectivity index (χ2v) is 6.27. The maximum absolute atomic E-state index is 5.74. The highest BCUT2D eigenvalue weighted by Crippen LogP contribution is 2.19. The summed E-state index contributed by atoms with van der Waals surface area (Å²) in [5.41, 5.74) is 5.53. The third-order valence-corrected chi connectivity index (χ3v) is 5.40. The van der Waals surface area contributed by atoms with Gasteiger partial charge in [-0.3, -0.25) is 0 Å². The van der Waals surface area contributed by atoms with Crippen LogP contribution in [0.1, 0.15) is 26.7 Å². The second kappa shape index (κ2) is 9.28. The second-order valence-electron chi connectivity index (χ2n) is 3.20. The molecule has 7 heteroatoms. The first-order valence-corrected chi connectivity index (χ1v) is 6.96. The maximum atomic E-state index is 5.74. The topological polar surface area (TPSA) is 62.9 Å². The van der Waals surface area contributed by atoms with E-state index in [1.165, 1.54) is 0 Å². The van der Waals surface area contributed by atoms with Crippen LogP contribution in [-0.4, -0.2) is 53.1 Å². The average molecular weight is 269 g/mol. The molecule has 0 amide bonds. The zero-order valence-corrected chi connectivity index (χ0v) is 11.3. The Balaban J connectivity index is 0. The summed E-state index contributed by atoms with van der Waals surface area (Å²) in [7, 11) is 1.99. The van der Waals surface area contributed by atoms with Gasteiger partial charge in [-0.2, -0.15) is 0 Å². The molecule has 2 unspecified atom stereocenters. The predicted molar refractivity (Wildman–Crippen MR) is 71.5 cm³/mol. The maximum Gasteiger partial charge on any atom is 0.530 e. The normalized spacial score (nSPS) is 15.4. The van der Waals surface area contributed by atoms with Gasteiger partial charge in [0, 0.05) is 21.3 Å². The van der Waals surface area contributed by atoms with Crippen molar-refractivity contribution in [3.05, 3.63) is 0 Å². The Morgan fingerprint density at radius 1 is 1.00 bits per heavy atom. The van der Waals surface area contributed by atoms with Crippen LogP contribution in [0.5, 0.6) is 0 Å². The number of rotatable bonds is 8. The van der Waals surface area contributed by atoms with Crippen LogP contribution >= 0.6 is 0 Å². The first-order valence-electron chi connectivity index (χ1n) is 5.16. The molecule has 0 aromatic carbocycles.